The van der Waals surface area contributed by atoms with Crippen LogP contribution >= 0.6 is 0 Å². The van der Waals surface area contributed by atoms with Crippen LogP contribution in [-0.2, 0) is 40.8 Å². The van der Waals surface area contributed by atoms with Crippen LogP contribution in [0.2, 0.25) is 0 Å². The normalized spacial score (nSPS) is 15.2. The summed E-state index contributed by atoms with van der Waals surface area (Å²) in [5, 5.41) is 12.2. The topological polar surface area (TPSA) is 153 Å². The highest BCUT2D eigenvalue weighted by atomic mass is 16.7. The molecule has 8 aliphatic carbocycles. The number of nitrogens with one attached hydrogen (secondary N) is 4. The second-order valence-corrected chi connectivity index (χ2v) is 26.9. The van der Waals surface area contributed by atoms with E-state index in [1.807, 2.05) is 341 Å². The van der Waals surface area contributed by atoms with E-state index in [0.717, 1.165) is 145 Å². The third-order valence-electron chi connectivity index (χ3n) is 19.2. The fraction of sp³-hybridized carbons (Fsp3) is 0.358. The van der Waals surface area contributed by atoms with Gasteiger partial charge in [0.15, 0.2) is 23.0 Å². The average Bonchev–Trinajstić information content (AvgIpc) is 1.53. The molecule has 0 spiro atoms. The summed E-state index contributed by atoms with van der Waals surface area (Å²) in [6.07, 6.45) is 34.6. The smallest absolute Gasteiger partial charge is 0.234 e. The number of rotatable bonds is 12. The maximum atomic E-state index is 12.5. The van der Waals surface area contributed by atoms with Crippen molar-refractivity contribution in [1.29, 1.82) is 0 Å². The Morgan fingerprint density at radius 3 is 0.619 bits per heavy atom. The standard InChI is InChI=1S/2C16H15NO3.2C15H15NO.4C7H8.8C2H6/c2*18-15(17-12-3-1-2-4-12)16(7-8-16)11-5-6-13-14(9-11)20-10-19-13;2*17-14(16-13-8-4-5-9-13)15(10-11-15)12-6-2-1-3-7-12;4*1-7-5-3-2-4-6-7;8*1-2/h2*1-3,5-6,9H,4,7-8,10H2,(H,17,18);2*1-8H,9-11H2,(H,16,17);4*2-6H,1H3;8*1-2H3. The van der Waals surface area contributed by atoms with Gasteiger partial charge in [-0.1, -0.05) is 376 Å². The molecule has 0 aromatic heterocycles. The predicted octanol–water partition coefficient (Wildman–Crippen LogP) is 26.4. The first-order valence-corrected chi connectivity index (χ1v) is 43.4. The molecule has 118 heavy (non-hydrogen) atoms. The third-order valence-corrected chi connectivity index (χ3v) is 19.2. The van der Waals surface area contributed by atoms with Crippen LogP contribution in [0.15, 0.2) is 314 Å². The highest BCUT2D eigenvalue weighted by Gasteiger charge is 2.54. The minimum absolute atomic E-state index is 0.0892. The van der Waals surface area contributed by atoms with E-state index in [0.29, 0.717) is 0 Å². The lowest BCUT2D eigenvalue weighted by atomic mass is 9.94. The van der Waals surface area contributed by atoms with Crippen LogP contribution in [0.25, 0.3) is 0 Å². The first-order valence-electron chi connectivity index (χ1n) is 43.4. The molecule has 2 aliphatic heterocycles. The monoisotopic (exact) mass is 1600 g/mol. The van der Waals surface area contributed by atoms with E-state index in [2.05, 4.69) is 110 Å². The van der Waals surface area contributed by atoms with Crippen molar-refractivity contribution in [3.63, 3.8) is 0 Å². The van der Waals surface area contributed by atoms with Crippen LogP contribution < -0.4 is 40.2 Å². The van der Waals surface area contributed by atoms with Gasteiger partial charge in [-0.2, -0.15) is 0 Å². The van der Waals surface area contributed by atoms with E-state index in [1.54, 1.807) is 0 Å². The van der Waals surface area contributed by atoms with Gasteiger partial charge >= 0.3 is 0 Å². The summed E-state index contributed by atoms with van der Waals surface area (Å²) in [5.41, 5.74) is 12.3. The van der Waals surface area contributed by atoms with Crippen molar-refractivity contribution in [2.45, 2.75) is 237 Å². The second kappa shape index (κ2) is 57.0. The molecular weight excluding hydrogens is 1460 g/mol. The highest BCUT2D eigenvalue weighted by molar-refractivity contribution is 5.95. The number of hydrogen-bond acceptors (Lipinski definition) is 8. The summed E-state index contributed by atoms with van der Waals surface area (Å²) in [5.74, 6) is 3.47. The minimum atomic E-state index is -0.385. The highest BCUT2D eigenvalue weighted by Crippen LogP contribution is 2.53. The Morgan fingerprint density at radius 2 is 0.441 bits per heavy atom. The van der Waals surface area contributed by atoms with Gasteiger partial charge in [0.25, 0.3) is 0 Å². The molecule has 8 aromatic rings. The van der Waals surface area contributed by atoms with Gasteiger partial charge in [-0.15, -0.1) is 0 Å². The molecule has 632 valence electrons. The van der Waals surface area contributed by atoms with Crippen molar-refractivity contribution in [3.05, 3.63) is 359 Å². The predicted molar refractivity (Wildman–Crippen MR) is 497 cm³/mol. The Labute approximate surface area is 711 Å². The van der Waals surface area contributed by atoms with Crippen molar-refractivity contribution in [1.82, 2.24) is 21.3 Å². The Hall–Kier alpha value is -11.2. The minimum Gasteiger partial charge on any atom is -0.454 e. The largest absolute Gasteiger partial charge is 0.454 e. The Kier molecular flexibility index (Phi) is 48.7. The van der Waals surface area contributed by atoms with Crippen LogP contribution in [0.4, 0.5) is 0 Å². The molecule has 2 heterocycles. The van der Waals surface area contributed by atoms with Crippen molar-refractivity contribution in [2.24, 2.45) is 0 Å². The van der Waals surface area contributed by atoms with Crippen molar-refractivity contribution in [2.75, 3.05) is 13.6 Å². The number of carbonyl (C=O) groups excluding carboxylic acids is 4. The molecule has 12 heteroatoms. The van der Waals surface area contributed by atoms with E-state index < -0.39 is 0 Å². The molecule has 0 radical (unpaired) electrons. The lowest BCUT2D eigenvalue weighted by Gasteiger charge is -2.16. The molecule has 0 saturated heterocycles. The van der Waals surface area contributed by atoms with Crippen molar-refractivity contribution < 1.29 is 38.1 Å². The van der Waals surface area contributed by atoms with Gasteiger partial charge in [0.2, 0.25) is 37.2 Å². The van der Waals surface area contributed by atoms with Crippen LogP contribution in [0.5, 0.6) is 23.0 Å². The van der Waals surface area contributed by atoms with E-state index >= 15 is 0 Å². The van der Waals surface area contributed by atoms with Gasteiger partial charge in [0.05, 0.1) is 21.7 Å². The number of hydrogen-bond donors (Lipinski definition) is 4. The van der Waals surface area contributed by atoms with Crippen LogP contribution in [0.1, 0.15) is 232 Å². The number of allylic oxidation sites excluding steroid dienone is 12. The molecule has 4 N–H and O–H groups in total. The third kappa shape index (κ3) is 32.3. The quantitative estimate of drug-likeness (QED) is 0.0943. The second-order valence-electron chi connectivity index (χ2n) is 26.9. The van der Waals surface area contributed by atoms with Gasteiger partial charge in [-0.3, -0.25) is 19.2 Å². The lowest BCUT2D eigenvalue weighted by Crippen LogP contribution is -2.33. The molecule has 10 aliphatic rings. The van der Waals surface area contributed by atoms with E-state index in [1.165, 1.54) is 22.3 Å². The summed E-state index contributed by atoms with van der Waals surface area (Å²) in [7, 11) is 0. The molecule has 0 atom stereocenters. The van der Waals surface area contributed by atoms with Gasteiger partial charge in [0.1, 0.15) is 0 Å². The molecule has 4 saturated carbocycles. The zero-order chi connectivity index (χ0) is 87.0. The SMILES string of the molecule is CC.CC.CC.CC.CC.CC.CC.CC.Cc1ccccc1.Cc1ccccc1.Cc1ccccc1.Cc1ccccc1.O=C(NC1=CC=CC1)C1(c2ccc3c(c2)OCO3)CC1.O=C(NC1=CC=CC1)C1(c2ccc3c(c2)OCO3)CC1.O=C(NC1=CC=CC1)C1(c2ccccc2)CC1.O=C(NC1=CC=CC1)C1(c2ccccc2)CC1. The molecule has 4 fully saturated rings. The molecule has 0 unspecified atom stereocenters. The van der Waals surface area contributed by atoms with E-state index in [4.69, 9.17) is 18.9 Å². The first kappa shape index (κ1) is 101. The zero-order valence-corrected chi connectivity index (χ0v) is 74.9. The van der Waals surface area contributed by atoms with Crippen molar-refractivity contribution in [3.8, 4) is 23.0 Å². The van der Waals surface area contributed by atoms with Gasteiger partial charge in [-0.05, 0) is 150 Å². The maximum absolute atomic E-state index is 12.5. The Bertz CT molecular complexity index is 4050. The van der Waals surface area contributed by atoms with Crippen molar-refractivity contribution >= 4 is 23.6 Å². The molecule has 18 rings (SSSR count). The molecule has 8 aromatic carbocycles. The molecule has 12 nitrogen and oxygen atoms in total. The summed E-state index contributed by atoms with van der Waals surface area (Å²) in [4.78, 5) is 49.7. The number of aryl methyl sites for hydroxylation is 4. The number of ether oxygens (including phenoxy) is 4. The van der Waals surface area contributed by atoms with E-state index in [9.17, 15) is 19.2 Å². The number of carbonyl (C=O) groups is 4. The maximum Gasteiger partial charge on any atom is 0.234 e. The number of benzene rings is 8. The fourth-order valence-corrected chi connectivity index (χ4v) is 12.3. The summed E-state index contributed by atoms with van der Waals surface area (Å²) in [6.45, 7) is 40.9. The number of fused-ring (bicyclic) bond motifs is 2. The molecular formula is C106H140N4O8. The molecule has 4 amide bonds. The summed E-state index contributed by atoms with van der Waals surface area (Å²) < 4.78 is 21.4. The van der Waals surface area contributed by atoms with Gasteiger partial charge < -0.3 is 40.2 Å². The van der Waals surface area contributed by atoms with Gasteiger partial charge in [0, 0.05) is 48.5 Å². The average molecular weight is 1600 g/mol. The zero-order valence-electron chi connectivity index (χ0n) is 74.9. The van der Waals surface area contributed by atoms with Crippen LogP contribution in [-0.4, -0.2) is 37.2 Å². The fourth-order valence-electron chi connectivity index (χ4n) is 12.3. The van der Waals surface area contributed by atoms with Crippen LogP contribution in [0.3, 0.4) is 0 Å². The lowest BCUT2D eigenvalue weighted by molar-refractivity contribution is -0.123. The first-order chi connectivity index (χ1) is 57.8. The van der Waals surface area contributed by atoms with Gasteiger partial charge in [-0.25, -0.2) is 0 Å². The molecule has 0 bridgehead atoms. The van der Waals surface area contributed by atoms with Crippen LogP contribution in [0, 0.1) is 27.7 Å². The van der Waals surface area contributed by atoms with E-state index in [-0.39, 0.29) is 58.9 Å². The summed E-state index contributed by atoms with van der Waals surface area (Å²) >= 11 is 0. The Morgan fingerprint density at radius 1 is 0.246 bits per heavy atom. The Balaban J connectivity index is 0.000000350. The summed E-state index contributed by atoms with van der Waals surface area (Å²) in [6, 6.07) is 72.8. The number of amides is 4.